The molecule has 3 aromatic rings. The molecule has 1 fully saturated rings. The Bertz CT molecular complexity index is 788. The first-order valence-electron chi connectivity index (χ1n) is 8.40. The van der Waals surface area contributed by atoms with Crippen LogP contribution in [0.4, 0.5) is 4.39 Å². The van der Waals surface area contributed by atoms with Crippen molar-refractivity contribution in [2.24, 2.45) is 0 Å². The molecule has 4 nitrogen and oxygen atoms in total. The number of aromatic amines is 1. The van der Waals surface area contributed by atoms with Crippen molar-refractivity contribution < 1.29 is 4.39 Å². The molecule has 124 valence electrons. The molecule has 1 aliphatic rings. The number of nitrogens with zero attached hydrogens (tertiary/aromatic N) is 3. The van der Waals surface area contributed by atoms with Crippen molar-refractivity contribution in [3.8, 4) is 0 Å². The summed E-state index contributed by atoms with van der Waals surface area (Å²) in [5.74, 6) is 0.904. The lowest BCUT2D eigenvalue weighted by Gasteiger charge is -2.34. The Morgan fingerprint density at radius 3 is 2.29 bits per heavy atom. The highest BCUT2D eigenvalue weighted by atomic mass is 19.1. The van der Waals surface area contributed by atoms with E-state index >= 15 is 0 Å². The van der Waals surface area contributed by atoms with Gasteiger partial charge in [0.1, 0.15) is 11.6 Å². The molecule has 0 radical (unpaired) electrons. The maximum absolute atomic E-state index is 13.8. The largest absolute Gasteiger partial charge is 0.341 e. The molecule has 1 aromatic heterocycles. The van der Waals surface area contributed by atoms with Crippen molar-refractivity contribution in [3.05, 3.63) is 65.7 Å². The Balaban J connectivity index is 1.33. The van der Waals surface area contributed by atoms with Crippen LogP contribution in [-0.2, 0) is 13.1 Å². The third-order valence-electron chi connectivity index (χ3n) is 4.63. The average Bonchev–Trinajstić information content (AvgIpc) is 3.01. The van der Waals surface area contributed by atoms with Gasteiger partial charge < -0.3 is 4.98 Å². The first-order valence-corrected chi connectivity index (χ1v) is 8.40. The average molecular weight is 324 g/mol. The third kappa shape index (κ3) is 3.32. The van der Waals surface area contributed by atoms with E-state index in [1.165, 1.54) is 6.07 Å². The number of H-pyrrole nitrogens is 1. The fourth-order valence-corrected chi connectivity index (χ4v) is 3.27. The number of imidazole rings is 1. The molecule has 0 bridgehead atoms. The van der Waals surface area contributed by atoms with E-state index in [0.717, 1.165) is 55.1 Å². The topological polar surface area (TPSA) is 35.2 Å². The molecule has 1 N–H and O–H groups in total. The van der Waals surface area contributed by atoms with Crippen molar-refractivity contribution in [1.29, 1.82) is 0 Å². The van der Waals surface area contributed by atoms with Crippen LogP contribution in [0.3, 0.4) is 0 Å². The number of aromatic nitrogens is 2. The molecular weight excluding hydrogens is 303 g/mol. The van der Waals surface area contributed by atoms with E-state index in [9.17, 15) is 4.39 Å². The van der Waals surface area contributed by atoms with Crippen LogP contribution in [-0.4, -0.2) is 45.9 Å². The number of fused-ring (bicyclic) bond motifs is 1. The lowest BCUT2D eigenvalue weighted by molar-refractivity contribution is 0.119. The number of hydrogen-bond acceptors (Lipinski definition) is 3. The van der Waals surface area contributed by atoms with Crippen LogP contribution in [0.25, 0.3) is 11.0 Å². The number of para-hydroxylation sites is 2. The summed E-state index contributed by atoms with van der Waals surface area (Å²) in [6, 6.07) is 15.2. The molecule has 5 heteroatoms. The van der Waals surface area contributed by atoms with Gasteiger partial charge in [0.15, 0.2) is 0 Å². The van der Waals surface area contributed by atoms with Gasteiger partial charge in [-0.15, -0.1) is 0 Å². The van der Waals surface area contributed by atoms with E-state index < -0.39 is 0 Å². The zero-order valence-corrected chi connectivity index (χ0v) is 13.6. The first-order chi connectivity index (χ1) is 11.8. The molecule has 0 unspecified atom stereocenters. The molecule has 1 saturated heterocycles. The van der Waals surface area contributed by atoms with Crippen LogP contribution in [0.2, 0.25) is 0 Å². The molecule has 0 aliphatic carbocycles. The highest BCUT2D eigenvalue weighted by Gasteiger charge is 2.19. The molecule has 2 heterocycles. The number of hydrogen-bond donors (Lipinski definition) is 1. The lowest BCUT2D eigenvalue weighted by Crippen LogP contribution is -2.45. The summed E-state index contributed by atoms with van der Waals surface area (Å²) in [7, 11) is 0. The SMILES string of the molecule is Fc1ccccc1CN1CCN(Cc2nc3ccccc3[nH]2)CC1. The Morgan fingerprint density at radius 2 is 1.54 bits per heavy atom. The van der Waals surface area contributed by atoms with Crippen LogP contribution in [0, 0.1) is 5.82 Å². The van der Waals surface area contributed by atoms with E-state index in [-0.39, 0.29) is 5.82 Å². The minimum Gasteiger partial charge on any atom is -0.341 e. The predicted molar refractivity (Wildman–Crippen MR) is 93.0 cm³/mol. The first kappa shape index (κ1) is 15.3. The van der Waals surface area contributed by atoms with Crippen LogP contribution >= 0.6 is 0 Å². The molecule has 24 heavy (non-hydrogen) atoms. The molecule has 4 rings (SSSR count). The number of rotatable bonds is 4. The fraction of sp³-hybridized carbons (Fsp3) is 0.316. The molecule has 1 aliphatic heterocycles. The van der Waals surface area contributed by atoms with Crippen LogP contribution in [0.5, 0.6) is 0 Å². The summed E-state index contributed by atoms with van der Waals surface area (Å²) >= 11 is 0. The summed E-state index contributed by atoms with van der Waals surface area (Å²) in [6.07, 6.45) is 0. The van der Waals surface area contributed by atoms with Gasteiger partial charge in [0.2, 0.25) is 0 Å². The van der Waals surface area contributed by atoms with E-state index in [1.807, 2.05) is 30.3 Å². The van der Waals surface area contributed by atoms with Gasteiger partial charge in [-0.05, 0) is 18.2 Å². The van der Waals surface area contributed by atoms with Gasteiger partial charge in [0.05, 0.1) is 17.6 Å². The van der Waals surface area contributed by atoms with E-state index in [0.29, 0.717) is 6.54 Å². The smallest absolute Gasteiger partial charge is 0.127 e. The number of piperazine rings is 1. The van der Waals surface area contributed by atoms with Crippen LogP contribution in [0.15, 0.2) is 48.5 Å². The van der Waals surface area contributed by atoms with Crippen LogP contribution < -0.4 is 0 Å². The minimum absolute atomic E-state index is 0.109. The van der Waals surface area contributed by atoms with Crippen molar-refractivity contribution in [1.82, 2.24) is 19.8 Å². The van der Waals surface area contributed by atoms with E-state index in [1.54, 1.807) is 6.07 Å². The summed E-state index contributed by atoms with van der Waals surface area (Å²) in [6.45, 7) is 5.38. The molecule has 0 atom stereocenters. The monoisotopic (exact) mass is 324 g/mol. The van der Waals surface area contributed by atoms with Gasteiger partial charge >= 0.3 is 0 Å². The second-order valence-electron chi connectivity index (χ2n) is 6.34. The van der Waals surface area contributed by atoms with Crippen molar-refractivity contribution in [2.75, 3.05) is 26.2 Å². The van der Waals surface area contributed by atoms with Gasteiger partial charge in [-0.3, -0.25) is 9.80 Å². The zero-order chi connectivity index (χ0) is 16.4. The lowest BCUT2D eigenvalue weighted by atomic mass is 10.2. The molecule has 0 amide bonds. The molecule has 2 aromatic carbocycles. The highest BCUT2D eigenvalue weighted by molar-refractivity contribution is 5.74. The number of halogens is 1. The Hall–Kier alpha value is -2.24. The van der Waals surface area contributed by atoms with Gasteiger partial charge in [0, 0.05) is 38.3 Å². The van der Waals surface area contributed by atoms with Crippen LogP contribution in [0.1, 0.15) is 11.4 Å². The molecular formula is C19H21FN4. The van der Waals surface area contributed by atoms with Crippen molar-refractivity contribution in [3.63, 3.8) is 0 Å². The Morgan fingerprint density at radius 1 is 0.875 bits per heavy atom. The van der Waals surface area contributed by atoms with E-state index in [2.05, 4.69) is 25.8 Å². The van der Waals surface area contributed by atoms with Gasteiger partial charge in [-0.25, -0.2) is 9.37 Å². The fourth-order valence-electron chi connectivity index (χ4n) is 3.27. The predicted octanol–water partition coefficient (Wildman–Crippen LogP) is 3.02. The number of benzene rings is 2. The minimum atomic E-state index is -0.109. The summed E-state index contributed by atoms with van der Waals surface area (Å²) < 4.78 is 13.8. The normalized spacial score (nSPS) is 16.7. The maximum atomic E-state index is 13.8. The molecule has 0 saturated carbocycles. The standard InChI is InChI=1S/C19H21FN4/c20-16-6-2-1-5-15(16)13-23-9-11-24(12-10-23)14-19-21-17-7-3-4-8-18(17)22-19/h1-8H,9-14H2,(H,21,22). The van der Waals surface area contributed by atoms with Gasteiger partial charge in [-0.2, -0.15) is 0 Å². The summed E-state index contributed by atoms with van der Waals surface area (Å²) in [4.78, 5) is 12.7. The summed E-state index contributed by atoms with van der Waals surface area (Å²) in [5, 5.41) is 0. The van der Waals surface area contributed by atoms with Gasteiger partial charge in [0.25, 0.3) is 0 Å². The Kier molecular flexibility index (Phi) is 4.28. The van der Waals surface area contributed by atoms with E-state index in [4.69, 9.17) is 0 Å². The van der Waals surface area contributed by atoms with Crippen molar-refractivity contribution >= 4 is 11.0 Å². The highest BCUT2D eigenvalue weighted by Crippen LogP contribution is 2.15. The third-order valence-corrected chi connectivity index (χ3v) is 4.63. The number of nitrogens with one attached hydrogen (secondary N) is 1. The molecule has 0 spiro atoms. The summed E-state index contributed by atoms with van der Waals surface area (Å²) in [5.41, 5.74) is 2.89. The van der Waals surface area contributed by atoms with Gasteiger partial charge in [-0.1, -0.05) is 30.3 Å². The quantitative estimate of drug-likeness (QED) is 0.801. The second kappa shape index (κ2) is 6.71. The second-order valence-corrected chi connectivity index (χ2v) is 6.34. The zero-order valence-electron chi connectivity index (χ0n) is 13.6. The maximum Gasteiger partial charge on any atom is 0.127 e. The Labute approximate surface area is 140 Å². The van der Waals surface area contributed by atoms with Crippen molar-refractivity contribution in [2.45, 2.75) is 13.1 Å².